The van der Waals surface area contributed by atoms with Gasteiger partial charge in [-0.3, -0.25) is 4.98 Å². The highest BCUT2D eigenvalue weighted by Crippen LogP contribution is 2.34. The summed E-state index contributed by atoms with van der Waals surface area (Å²) in [5.41, 5.74) is 5.81. The van der Waals surface area contributed by atoms with E-state index in [-0.39, 0.29) is 0 Å². The molecular formula is C25H26N6O. The van der Waals surface area contributed by atoms with Crippen molar-refractivity contribution in [3.05, 3.63) is 71.2 Å². The molecule has 7 heteroatoms. The number of hydrogen-bond donors (Lipinski definition) is 0. The summed E-state index contributed by atoms with van der Waals surface area (Å²) in [6.45, 7) is 5.75. The van der Waals surface area contributed by atoms with Crippen LogP contribution < -0.4 is 4.74 Å². The standard InChI is InChI=1S/C25H26N6O/c1-17-8-9-21-20(5-3-6-22(21)26-17)18-10-13-30(14-11-18)15-12-19-4-2-7-23-25(19)32-16-24-27-28-29-31(23)24/h2-9,18H,10-16H2,1H3. The van der Waals surface area contributed by atoms with Gasteiger partial charge in [-0.15, -0.1) is 5.10 Å². The third-order valence-electron chi connectivity index (χ3n) is 6.81. The third-order valence-corrected chi connectivity index (χ3v) is 6.81. The van der Waals surface area contributed by atoms with Crippen molar-refractivity contribution in [2.45, 2.75) is 38.7 Å². The molecule has 1 saturated heterocycles. The largest absolute Gasteiger partial charge is 0.483 e. The Bertz CT molecular complexity index is 1270. The molecule has 2 aliphatic heterocycles. The molecule has 0 amide bonds. The first-order chi connectivity index (χ1) is 15.8. The number of hydrogen-bond acceptors (Lipinski definition) is 6. The van der Waals surface area contributed by atoms with Crippen molar-refractivity contribution < 1.29 is 4.74 Å². The number of fused-ring (bicyclic) bond motifs is 4. The molecule has 0 saturated carbocycles. The number of aromatic nitrogens is 5. The minimum atomic E-state index is 0.418. The first-order valence-corrected chi connectivity index (χ1v) is 11.4. The summed E-state index contributed by atoms with van der Waals surface area (Å²) in [4.78, 5) is 7.30. The molecule has 162 valence electrons. The summed E-state index contributed by atoms with van der Waals surface area (Å²) in [6.07, 6.45) is 3.33. The average Bonchev–Trinajstić information content (AvgIpc) is 3.32. The van der Waals surface area contributed by atoms with Crippen molar-refractivity contribution >= 4 is 10.9 Å². The molecule has 2 aromatic heterocycles. The van der Waals surface area contributed by atoms with Crippen LogP contribution in [0.25, 0.3) is 16.6 Å². The summed E-state index contributed by atoms with van der Waals surface area (Å²) >= 11 is 0. The van der Waals surface area contributed by atoms with Crippen LogP contribution in [0.4, 0.5) is 0 Å². The summed E-state index contributed by atoms with van der Waals surface area (Å²) in [7, 11) is 0. The van der Waals surface area contributed by atoms with Crippen molar-refractivity contribution in [3.8, 4) is 11.4 Å². The lowest BCUT2D eigenvalue weighted by atomic mass is 9.87. The molecule has 7 nitrogen and oxygen atoms in total. The summed E-state index contributed by atoms with van der Waals surface area (Å²) < 4.78 is 7.80. The molecule has 4 aromatic rings. The summed E-state index contributed by atoms with van der Waals surface area (Å²) in [6, 6.07) is 17.2. The Morgan fingerprint density at radius 3 is 2.81 bits per heavy atom. The Labute approximate surface area is 187 Å². The van der Waals surface area contributed by atoms with Crippen molar-refractivity contribution in [1.29, 1.82) is 0 Å². The lowest BCUT2D eigenvalue weighted by Gasteiger charge is -2.33. The van der Waals surface area contributed by atoms with E-state index in [9.17, 15) is 0 Å². The highest BCUT2D eigenvalue weighted by atomic mass is 16.5. The van der Waals surface area contributed by atoms with Gasteiger partial charge < -0.3 is 9.64 Å². The van der Waals surface area contributed by atoms with Gasteiger partial charge in [0, 0.05) is 17.6 Å². The molecule has 2 aromatic carbocycles. The second-order valence-corrected chi connectivity index (χ2v) is 8.79. The van der Waals surface area contributed by atoms with E-state index in [0.717, 1.165) is 54.5 Å². The maximum Gasteiger partial charge on any atom is 0.194 e. The van der Waals surface area contributed by atoms with Crippen LogP contribution in [0, 0.1) is 6.92 Å². The van der Waals surface area contributed by atoms with E-state index < -0.39 is 0 Å². The quantitative estimate of drug-likeness (QED) is 0.494. The number of benzene rings is 2. The minimum absolute atomic E-state index is 0.418. The Morgan fingerprint density at radius 1 is 1.03 bits per heavy atom. The molecule has 2 aliphatic rings. The number of piperidine rings is 1. The van der Waals surface area contributed by atoms with Crippen molar-refractivity contribution in [1.82, 2.24) is 30.1 Å². The van der Waals surface area contributed by atoms with Gasteiger partial charge in [0.15, 0.2) is 5.82 Å². The first-order valence-electron chi connectivity index (χ1n) is 11.4. The number of para-hydroxylation sites is 1. The Morgan fingerprint density at radius 2 is 1.91 bits per heavy atom. The Hall–Kier alpha value is -3.32. The minimum Gasteiger partial charge on any atom is -0.483 e. The van der Waals surface area contributed by atoms with Crippen molar-refractivity contribution in [2.24, 2.45) is 0 Å². The summed E-state index contributed by atoms with van der Waals surface area (Å²) in [5.74, 6) is 2.27. The van der Waals surface area contributed by atoms with Crippen LogP contribution in [0.5, 0.6) is 5.75 Å². The van der Waals surface area contributed by atoms with Crippen molar-refractivity contribution in [2.75, 3.05) is 19.6 Å². The van der Waals surface area contributed by atoms with Gasteiger partial charge in [-0.1, -0.05) is 30.3 Å². The number of pyridine rings is 1. The fourth-order valence-electron chi connectivity index (χ4n) is 5.10. The van der Waals surface area contributed by atoms with E-state index in [2.05, 4.69) is 69.8 Å². The van der Waals surface area contributed by atoms with E-state index >= 15 is 0 Å². The number of rotatable bonds is 4. The second-order valence-electron chi connectivity index (χ2n) is 8.79. The Balaban J connectivity index is 1.13. The van der Waals surface area contributed by atoms with Crippen molar-refractivity contribution in [3.63, 3.8) is 0 Å². The van der Waals surface area contributed by atoms with Crippen LogP contribution in [0.15, 0.2) is 48.5 Å². The fourth-order valence-corrected chi connectivity index (χ4v) is 5.10. The number of aryl methyl sites for hydroxylation is 1. The normalized spacial score (nSPS) is 16.5. The first kappa shape index (κ1) is 19.4. The third kappa shape index (κ3) is 3.42. The zero-order chi connectivity index (χ0) is 21.5. The van der Waals surface area contributed by atoms with E-state index in [0.29, 0.717) is 12.5 Å². The lowest BCUT2D eigenvalue weighted by Crippen LogP contribution is -2.34. The fraction of sp³-hybridized carbons (Fsp3) is 0.360. The molecular weight excluding hydrogens is 400 g/mol. The number of nitrogens with zero attached hydrogens (tertiary/aromatic N) is 6. The van der Waals surface area contributed by atoms with Gasteiger partial charge in [0.05, 0.1) is 5.52 Å². The number of likely N-dealkylation sites (tertiary alicyclic amines) is 1. The van der Waals surface area contributed by atoms with Gasteiger partial charge in [-0.2, -0.15) is 4.68 Å². The molecule has 4 heterocycles. The van der Waals surface area contributed by atoms with E-state index in [1.807, 2.05) is 6.07 Å². The molecule has 0 radical (unpaired) electrons. The zero-order valence-electron chi connectivity index (χ0n) is 18.2. The highest BCUT2D eigenvalue weighted by Gasteiger charge is 2.24. The lowest BCUT2D eigenvalue weighted by molar-refractivity contribution is 0.213. The van der Waals surface area contributed by atoms with Gasteiger partial charge in [0.2, 0.25) is 0 Å². The zero-order valence-corrected chi connectivity index (χ0v) is 18.2. The average molecular weight is 427 g/mol. The van der Waals surface area contributed by atoms with E-state index in [4.69, 9.17) is 9.72 Å². The van der Waals surface area contributed by atoms with Crippen LogP contribution in [-0.4, -0.2) is 49.7 Å². The molecule has 6 rings (SSSR count). The number of tetrazole rings is 1. The number of ether oxygens (including phenoxy) is 1. The van der Waals surface area contributed by atoms with Gasteiger partial charge in [0.25, 0.3) is 0 Å². The summed E-state index contributed by atoms with van der Waals surface area (Å²) in [5, 5.41) is 13.2. The predicted octanol–water partition coefficient (Wildman–Crippen LogP) is 3.83. The van der Waals surface area contributed by atoms with E-state index in [1.54, 1.807) is 4.68 Å². The second kappa shape index (κ2) is 7.98. The molecule has 0 aliphatic carbocycles. The van der Waals surface area contributed by atoms with Crippen LogP contribution in [0.2, 0.25) is 0 Å². The van der Waals surface area contributed by atoms with Gasteiger partial charge in [-0.05, 0) is 84.9 Å². The molecule has 1 fully saturated rings. The highest BCUT2D eigenvalue weighted by molar-refractivity contribution is 5.83. The van der Waals surface area contributed by atoms with Gasteiger partial charge in [-0.25, -0.2) is 0 Å². The maximum atomic E-state index is 6.02. The van der Waals surface area contributed by atoms with Crippen LogP contribution in [0.1, 0.15) is 41.4 Å². The SMILES string of the molecule is Cc1ccc2c(C3CCN(CCc4cccc5c4OCc4nnnn4-5)CC3)cccc2n1. The molecule has 32 heavy (non-hydrogen) atoms. The topological polar surface area (TPSA) is 69.0 Å². The molecule has 0 atom stereocenters. The van der Waals surface area contributed by atoms with Crippen LogP contribution >= 0.6 is 0 Å². The van der Waals surface area contributed by atoms with Gasteiger partial charge >= 0.3 is 0 Å². The van der Waals surface area contributed by atoms with Crippen LogP contribution in [0.3, 0.4) is 0 Å². The Kier molecular flexibility index (Phi) is 4.83. The molecule has 0 unspecified atom stereocenters. The molecule has 0 spiro atoms. The smallest absolute Gasteiger partial charge is 0.194 e. The van der Waals surface area contributed by atoms with Crippen LogP contribution in [-0.2, 0) is 13.0 Å². The monoisotopic (exact) mass is 426 g/mol. The molecule has 0 bridgehead atoms. The maximum absolute atomic E-state index is 6.02. The van der Waals surface area contributed by atoms with Gasteiger partial charge in [0.1, 0.15) is 18.0 Å². The molecule has 0 N–H and O–H groups in total. The van der Waals surface area contributed by atoms with E-state index in [1.165, 1.54) is 29.4 Å². The predicted molar refractivity (Wildman–Crippen MR) is 122 cm³/mol.